The fraction of sp³-hybridized carbons (Fsp3) is 0.200. The molecular formula is C20H21N5OS. The third-order valence-electron chi connectivity index (χ3n) is 4.62. The van der Waals surface area contributed by atoms with Crippen LogP contribution in [0.3, 0.4) is 0 Å². The van der Waals surface area contributed by atoms with Crippen LogP contribution in [0.4, 0.5) is 5.69 Å². The number of fused-ring (bicyclic) bond motifs is 3. The zero-order chi connectivity index (χ0) is 19.1. The first-order valence-corrected chi connectivity index (χ1v) is 9.47. The largest absolute Gasteiger partial charge is 0.399 e. The molecule has 0 bridgehead atoms. The SMILES string of the molecule is CN(C)Sc1ccc(-n2nc(C(N)=O)c3c2-c2cc(N)ccc2CC3)cc1. The second-order valence-electron chi connectivity index (χ2n) is 6.77. The molecule has 7 heteroatoms. The van der Waals surface area contributed by atoms with E-state index in [9.17, 15) is 4.79 Å². The molecule has 1 amide bonds. The van der Waals surface area contributed by atoms with Gasteiger partial charge in [0.15, 0.2) is 5.69 Å². The van der Waals surface area contributed by atoms with E-state index < -0.39 is 5.91 Å². The van der Waals surface area contributed by atoms with Gasteiger partial charge in [-0.2, -0.15) is 5.10 Å². The molecular weight excluding hydrogens is 358 g/mol. The molecule has 4 N–H and O–H groups in total. The van der Waals surface area contributed by atoms with Crippen molar-refractivity contribution in [2.75, 3.05) is 19.8 Å². The fourth-order valence-electron chi connectivity index (χ4n) is 3.50. The summed E-state index contributed by atoms with van der Waals surface area (Å²) in [5, 5.41) is 4.56. The van der Waals surface area contributed by atoms with Gasteiger partial charge < -0.3 is 11.5 Å². The highest BCUT2D eigenvalue weighted by atomic mass is 32.2. The van der Waals surface area contributed by atoms with Crippen LogP contribution in [0.15, 0.2) is 47.4 Å². The van der Waals surface area contributed by atoms with Crippen LogP contribution in [-0.2, 0) is 12.8 Å². The highest BCUT2D eigenvalue weighted by Crippen LogP contribution is 2.38. The van der Waals surface area contributed by atoms with Crippen LogP contribution in [0.2, 0.25) is 0 Å². The lowest BCUT2D eigenvalue weighted by Crippen LogP contribution is -2.15. The summed E-state index contributed by atoms with van der Waals surface area (Å²) in [6.07, 6.45) is 1.58. The molecule has 0 saturated heterocycles. The Hall–Kier alpha value is -2.77. The van der Waals surface area contributed by atoms with E-state index in [4.69, 9.17) is 11.5 Å². The summed E-state index contributed by atoms with van der Waals surface area (Å²) in [5.41, 5.74) is 17.6. The van der Waals surface area contributed by atoms with Crippen molar-refractivity contribution in [1.29, 1.82) is 0 Å². The topological polar surface area (TPSA) is 90.2 Å². The molecule has 1 aliphatic carbocycles. The van der Waals surface area contributed by atoms with Gasteiger partial charge in [0.25, 0.3) is 5.91 Å². The van der Waals surface area contributed by atoms with Gasteiger partial charge in [0, 0.05) is 21.7 Å². The molecule has 1 heterocycles. The third kappa shape index (κ3) is 3.20. The highest BCUT2D eigenvalue weighted by molar-refractivity contribution is 7.97. The molecule has 27 heavy (non-hydrogen) atoms. The Kier molecular flexibility index (Phi) is 4.41. The van der Waals surface area contributed by atoms with Crippen LogP contribution in [0, 0.1) is 0 Å². The number of anilines is 1. The average molecular weight is 379 g/mol. The average Bonchev–Trinajstić information content (AvgIpc) is 3.02. The molecule has 0 radical (unpaired) electrons. The summed E-state index contributed by atoms with van der Waals surface area (Å²) in [6, 6.07) is 14.0. The van der Waals surface area contributed by atoms with E-state index in [2.05, 4.69) is 5.10 Å². The summed E-state index contributed by atoms with van der Waals surface area (Å²) in [5.74, 6) is -0.503. The Morgan fingerprint density at radius 2 is 1.89 bits per heavy atom. The van der Waals surface area contributed by atoms with Crippen LogP contribution in [0.1, 0.15) is 21.6 Å². The standard InChI is InChI=1S/C20H21N5OS/c1-24(2)27-15-8-6-14(7-9-15)25-19-16(18(23-25)20(22)26)10-4-12-3-5-13(21)11-17(12)19/h3,5-9,11H,4,10,21H2,1-2H3,(H2,22,26). The zero-order valence-corrected chi connectivity index (χ0v) is 16.1. The number of benzene rings is 2. The molecule has 2 aromatic carbocycles. The fourth-order valence-corrected chi connectivity index (χ4v) is 4.18. The number of aryl methyl sites for hydroxylation is 1. The van der Waals surface area contributed by atoms with Gasteiger partial charge in [-0.25, -0.2) is 4.68 Å². The Labute approximate surface area is 162 Å². The van der Waals surface area contributed by atoms with Gasteiger partial charge >= 0.3 is 0 Å². The predicted octanol–water partition coefficient (Wildman–Crippen LogP) is 2.89. The molecule has 6 nitrogen and oxygen atoms in total. The van der Waals surface area contributed by atoms with Gasteiger partial charge in [-0.05, 0) is 80.8 Å². The number of hydrogen-bond acceptors (Lipinski definition) is 5. The number of carbonyl (C=O) groups is 1. The molecule has 0 unspecified atom stereocenters. The van der Waals surface area contributed by atoms with Crippen LogP contribution in [-0.4, -0.2) is 34.1 Å². The number of nitrogens with zero attached hydrogens (tertiary/aromatic N) is 3. The lowest BCUT2D eigenvalue weighted by atomic mass is 9.88. The van der Waals surface area contributed by atoms with Gasteiger partial charge in [0.1, 0.15) is 0 Å². The molecule has 1 aromatic heterocycles. The van der Waals surface area contributed by atoms with Crippen molar-refractivity contribution in [2.45, 2.75) is 17.7 Å². The maximum absolute atomic E-state index is 12.0. The van der Waals surface area contributed by atoms with Crippen molar-refractivity contribution in [3.63, 3.8) is 0 Å². The molecule has 1 aliphatic rings. The Morgan fingerprint density at radius 1 is 1.15 bits per heavy atom. The summed E-state index contributed by atoms with van der Waals surface area (Å²) < 4.78 is 3.85. The van der Waals surface area contributed by atoms with E-state index in [0.717, 1.165) is 40.2 Å². The first-order chi connectivity index (χ1) is 12.9. The van der Waals surface area contributed by atoms with Crippen molar-refractivity contribution >= 4 is 23.5 Å². The second kappa shape index (κ2) is 6.75. The van der Waals surface area contributed by atoms with Crippen LogP contribution < -0.4 is 11.5 Å². The first kappa shape index (κ1) is 17.6. The Bertz CT molecular complexity index is 1020. The lowest BCUT2D eigenvalue weighted by Gasteiger charge is -2.19. The number of rotatable bonds is 4. The molecule has 0 atom stereocenters. The minimum atomic E-state index is -0.503. The third-order valence-corrected chi connectivity index (χ3v) is 5.47. The van der Waals surface area contributed by atoms with E-state index in [1.165, 1.54) is 5.56 Å². The first-order valence-electron chi connectivity index (χ1n) is 8.70. The predicted molar refractivity (Wildman–Crippen MR) is 109 cm³/mol. The van der Waals surface area contributed by atoms with E-state index in [1.54, 1.807) is 11.9 Å². The van der Waals surface area contributed by atoms with Crippen molar-refractivity contribution in [2.24, 2.45) is 5.73 Å². The van der Waals surface area contributed by atoms with Crippen LogP contribution >= 0.6 is 11.9 Å². The second-order valence-corrected chi connectivity index (χ2v) is 8.15. The van der Waals surface area contributed by atoms with Crippen molar-refractivity contribution < 1.29 is 4.79 Å². The summed E-state index contributed by atoms with van der Waals surface area (Å²) >= 11 is 1.64. The minimum absolute atomic E-state index is 0.338. The van der Waals surface area contributed by atoms with E-state index in [1.807, 2.05) is 65.5 Å². The molecule has 138 valence electrons. The van der Waals surface area contributed by atoms with Gasteiger partial charge in [-0.1, -0.05) is 6.07 Å². The number of amides is 1. The molecule has 3 aromatic rings. The lowest BCUT2D eigenvalue weighted by molar-refractivity contribution is 0.0994. The van der Waals surface area contributed by atoms with Gasteiger partial charge in [0.2, 0.25) is 0 Å². The number of nitrogens with two attached hydrogens (primary N) is 2. The van der Waals surface area contributed by atoms with Crippen LogP contribution in [0.25, 0.3) is 16.9 Å². The quantitative estimate of drug-likeness (QED) is 0.537. The van der Waals surface area contributed by atoms with Gasteiger partial charge in [-0.15, -0.1) is 0 Å². The van der Waals surface area contributed by atoms with Gasteiger partial charge in [-0.3, -0.25) is 9.10 Å². The molecule has 0 saturated carbocycles. The molecule has 0 fully saturated rings. The normalized spacial score (nSPS) is 12.7. The van der Waals surface area contributed by atoms with E-state index in [-0.39, 0.29) is 0 Å². The summed E-state index contributed by atoms with van der Waals surface area (Å²) in [4.78, 5) is 13.1. The number of primary amides is 1. The number of nitrogen functional groups attached to an aromatic ring is 1. The number of carbonyl (C=O) groups excluding carboxylic acids is 1. The smallest absolute Gasteiger partial charge is 0.269 e. The summed E-state index contributed by atoms with van der Waals surface area (Å²) in [7, 11) is 4.01. The van der Waals surface area contributed by atoms with E-state index in [0.29, 0.717) is 11.4 Å². The van der Waals surface area contributed by atoms with Gasteiger partial charge in [0.05, 0.1) is 11.4 Å². The number of hydrogen-bond donors (Lipinski definition) is 2. The van der Waals surface area contributed by atoms with Crippen molar-refractivity contribution in [3.05, 3.63) is 59.3 Å². The molecule has 0 aliphatic heterocycles. The Morgan fingerprint density at radius 3 is 2.56 bits per heavy atom. The van der Waals surface area contributed by atoms with Crippen molar-refractivity contribution in [1.82, 2.24) is 14.1 Å². The van der Waals surface area contributed by atoms with Crippen molar-refractivity contribution in [3.8, 4) is 16.9 Å². The van der Waals surface area contributed by atoms with E-state index >= 15 is 0 Å². The number of aromatic nitrogens is 2. The van der Waals surface area contributed by atoms with Crippen LogP contribution in [0.5, 0.6) is 0 Å². The zero-order valence-electron chi connectivity index (χ0n) is 15.3. The molecule has 0 spiro atoms. The minimum Gasteiger partial charge on any atom is -0.399 e. The Balaban J connectivity index is 1.88. The highest BCUT2D eigenvalue weighted by Gasteiger charge is 2.28. The maximum Gasteiger partial charge on any atom is 0.269 e. The maximum atomic E-state index is 12.0. The molecule has 4 rings (SSSR count). The monoisotopic (exact) mass is 379 g/mol. The summed E-state index contributed by atoms with van der Waals surface area (Å²) in [6.45, 7) is 0.